The molecule has 0 aliphatic carbocycles. The van der Waals surface area contributed by atoms with Gasteiger partial charge in [0, 0.05) is 19.3 Å². The lowest BCUT2D eigenvalue weighted by molar-refractivity contribution is -0.167. The van der Waals surface area contributed by atoms with Gasteiger partial charge in [-0.2, -0.15) is 0 Å². The Morgan fingerprint density at radius 2 is 0.683 bits per heavy atom. The molecule has 0 radical (unpaired) electrons. The summed E-state index contributed by atoms with van der Waals surface area (Å²) in [6, 6.07) is 0. The average molecular weight is 835 g/mol. The van der Waals surface area contributed by atoms with Gasteiger partial charge in [-0.25, -0.2) is 0 Å². The SMILES string of the molecule is CC/C=C\C/C=C\C/C=C\C/C=C\C/C=C\CCCC(=O)OCC(COC(=O)CCCCCCC/C=C\CCCC)OC(=O)CCCCCCC/C=C\CCCCCCC. The van der Waals surface area contributed by atoms with Crippen LogP contribution in [0.15, 0.2) is 85.1 Å². The summed E-state index contributed by atoms with van der Waals surface area (Å²) in [6.07, 6.45) is 61.4. The molecule has 0 aromatic heterocycles. The van der Waals surface area contributed by atoms with E-state index in [1.165, 1.54) is 70.6 Å². The van der Waals surface area contributed by atoms with E-state index in [0.717, 1.165) is 103 Å². The normalized spacial score (nSPS) is 12.8. The van der Waals surface area contributed by atoms with Crippen LogP contribution in [0.1, 0.15) is 220 Å². The zero-order chi connectivity index (χ0) is 43.7. The summed E-state index contributed by atoms with van der Waals surface area (Å²) in [4.78, 5) is 37.8. The van der Waals surface area contributed by atoms with Gasteiger partial charge in [-0.05, 0) is 103 Å². The highest BCUT2D eigenvalue weighted by Gasteiger charge is 2.19. The second-order valence-electron chi connectivity index (χ2n) is 16.0. The lowest BCUT2D eigenvalue weighted by Gasteiger charge is -2.18. The smallest absolute Gasteiger partial charge is 0.306 e. The summed E-state index contributed by atoms with van der Waals surface area (Å²) in [5.74, 6) is -0.985. The van der Waals surface area contributed by atoms with Crippen LogP contribution < -0.4 is 0 Å². The molecular formula is C54H90O6. The van der Waals surface area contributed by atoms with Crippen molar-refractivity contribution in [2.75, 3.05) is 13.2 Å². The molecule has 6 heteroatoms. The van der Waals surface area contributed by atoms with Gasteiger partial charge < -0.3 is 14.2 Å². The van der Waals surface area contributed by atoms with Crippen LogP contribution in [0.3, 0.4) is 0 Å². The average Bonchev–Trinajstić information content (AvgIpc) is 3.24. The molecule has 0 amide bonds. The van der Waals surface area contributed by atoms with Crippen molar-refractivity contribution in [1.29, 1.82) is 0 Å². The number of allylic oxidation sites excluding steroid dienone is 14. The Morgan fingerprint density at radius 1 is 0.350 bits per heavy atom. The van der Waals surface area contributed by atoms with Gasteiger partial charge in [0.25, 0.3) is 0 Å². The Morgan fingerprint density at radius 3 is 1.15 bits per heavy atom. The zero-order valence-electron chi connectivity index (χ0n) is 38.9. The van der Waals surface area contributed by atoms with Gasteiger partial charge >= 0.3 is 17.9 Å². The fraction of sp³-hybridized carbons (Fsp3) is 0.685. The van der Waals surface area contributed by atoms with Gasteiger partial charge in [-0.3, -0.25) is 14.4 Å². The second-order valence-corrected chi connectivity index (χ2v) is 16.0. The number of hydrogen-bond acceptors (Lipinski definition) is 6. The third-order valence-electron chi connectivity index (χ3n) is 10.1. The first-order valence-electron chi connectivity index (χ1n) is 24.6. The molecule has 0 N–H and O–H groups in total. The first kappa shape index (κ1) is 56.6. The van der Waals surface area contributed by atoms with Crippen LogP contribution in [-0.2, 0) is 28.6 Å². The number of carbonyl (C=O) groups excluding carboxylic acids is 3. The molecule has 0 aromatic rings. The van der Waals surface area contributed by atoms with E-state index in [-0.39, 0.29) is 37.5 Å². The maximum absolute atomic E-state index is 12.8. The molecule has 342 valence electrons. The van der Waals surface area contributed by atoms with Crippen LogP contribution in [0.2, 0.25) is 0 Å². The highest BCUT2D eigenvalue weighted by Crippen LogP contribution is 2.13. The van der Waals surface area contributed by atoms with Gasteiger partial charge in [0.05, 0.1) is 0 Å². The van der Waals surface area contributed by atoms with E-state index in [2.05, 4.69) is 106 Å². The summed E-state index contributed by atoms with van der Waals surface area (Å²) in [7, 11) is 0. The predicted molar refractivity (Wildman–Crippen MR) is 256 cm³/mol. The number of esters is 3. The van der Waals surface area contributed by atoms with Crippen molar-refractivity contribution in [3.63, 3.8) is 0 Å². The first-order chi connectivity index (χ1) is 29.5. The monoisotopic (exact) mass is 835 g/mol. The summed E-state index contributed by atoms with van der Waals surface area (Å²) in [5.41, 5.74) is 0. The molecule has 1 atom stereocenters. The highest BCUT2D eigenvalue weighted by atomic mass is 16.6. The van der Waals surface area contributed by atoms with Crippen LogP contribution >= 0.6 is 0 Å². The number of rotatable bonds is 43. The largest absolute Gasteiger partial charge is 0.462 e. The molecule has 0 heterocycles. The predicted octanol–water partition coefficient (Wildman–Crippen LogP) is 16.0. The van der Waals surface area contributed by atoms with Crippen molar-refractivity contribution < 1.29 is 28.6 Å². The molecule has 0 bridgehead atoms. The molecular weight excluding hydrogens is 745 g/mol. The lowest BCUT2D eigenvalue weighted by atomic mass is 10.1. The van der Waals surface area contributed by atoms with E-state index in [0.29, 0.717) is 19.3 Å². The fourth-order valence-electron chi connectivity index (χ4n) is 6.39. The standard InChI is InChI=1S/C54H90O6/c1-4-7-10-13-16-19-22-24-26-27-28-30-32-35-38-41-44-47-53(56)59-50-51(49-58-52(55)46-43-40-37-34-31-21-18-15-12-9-6-3)60-54(57)48-45-42-39-36-33-29-25-23-20-17-14-11-8-5-2/h7,10,15-16,18-19,23-26,28,30,35,38,51H,4-6,8-9,11-14,17,20-22,27,29,31-34,36-37,39-50H2,1-3H3/b10-7-,18-15-,19-16-,25-23-,26-24-,30-28-,38-35-. The zero-order valence-corrected chi connectivity index (χ0v) is 38.9. The molecule has 0 aliphatic heterocycles. The van der Waals surface area contributed by atoms with Crippen molar-refractivity contribution in [2.45, 2.75) is 226 Å². The van der Waals surface area contributed by atoms with Gasteiger partial charge in [0.2, 0.25) is 0 Å². The summed E-state index contributed by atoms with van der Waals surface area (Å²) >= 11 is 0. The number of ether oxygens (including phenoxy) is 3. The molecule has 6 nitrogen and oxygen atoms in total. The van der Waals surface area contributed by atoms with Crippen LogP contribution in [-0.4, -0.2) is 37.2 Å². The quantitative estimate of drug-likeness (QED) is 0.0263. The topological polar surface area (TPSA) is 78.9 Å². The van der Waals surface area contributed by atoms with Crippen LogP contribution in [0.5, 0.6) is 0 Å². The van der Waals surface area contributed by atoms with Crippen LogP contribution in [0.25, 0.3) is 0 Å². The van der Waals surface area contributed by atoms with E-state index in [4.69, 9.17) is 14.2 Å². The molecule has 0 rings (SSSR count). The number of hydrogen-bond donors (Lipinski definition) is 0. The van der Waals surface area contributed by atoms with Crippen molar-refractivity contribution in [1.82, 2.24) is 0 Å². The van der Waals surface area contributed by atoms with E-state index in [1.54, 1.807) is 0 Å². The third kappa shape index (κ3) is 45.7. The first-order valence-corrected chi connectivity index (χ1v) is 24.6. The molecule has 0 aromatic carbocycles. The van der Waals surface area contributed by atoms with Crippen LogP contribution in [0.4, 0.5) is 0 Å². The van der Waals surface area contributed by atoms with Crippen molar-refractivity contribution >= 4 is 17.9 Å². The number of carbonyl (C=O) groups is 3. The summed E-state index contributed by atoms with van der Waals surface area (Å²) in [6.45, 7) is 6.40. The molecule has 0 fully saturated rings. The van der Waals surface area contributed by atoms with E-state index in [1.807, 2.05) is 0 Å². The van der Waals surface area contributed by atoms with Crippen molar-refractivity contribution in [3.05, 3.63) is 85.1 Å². The van der Waals surface area contributed by atoms with Crippen molar-refractivity contribution in [3.8, 4) is 0 Å². The second kappa shape index (κ2) is 48.3. The van der Waals surface area contributed by atoms with E-state index in [9.17, 15) is 14.4 Å². The Labute approximate surface area is 369 Å². The van der Waals surface area contributed by atoms with Gasteiger partial charge in [-0.1, -0.05) is 183 Å². The summed E-state index contributed by atoms with van der Waals surface area (Å²) in [5, 5.41) is 0. The minimum Gasteiger partial charge on any atom is -0.462 e. The molecule has 1 unspecified atom stereocenters. The fourth-order valence-corrected chi connectivity index (χ4v) is 6.39. The molecule has 0 aliphatic rings. The van der Waals surface area contributed by atoms with Crippen LogP contribution in [0, 0.1) is 0 Å². The Kier molecular flexibility index (Phi) is 45.5. The van der Waals surface area contributed by atoms with Gasteiger partial charge in [0.1, 0.15) is 13.2 Å². The minimum absolute atomic E-state index is 0.103. The molecule has 60 heavy (non-hydrogen) atoms. The Bertz CT molecular complexity index is 1190. The number of unbranched alkanes of at least 4 members (excludes halogenated alkanes) is 18. The highest BCUT2D eigenvalue weighted by molar-refractivity contribution is 5.71. The molecule has 0 saturated heterocycles. The Balaban J connectivity index is 4.50. The summed E-state index contributed by atoms with van der Waals surface area (Å²) < 4.78 is 16.7. The molecule has 0 saturated carbocycles. The van der Waals surface area contributed by atoms with E-state index >= 15 is 0 Å². The third-order valence-corrected chi connectivity index (χ3v) is 10.1. The Hall–Kier alpha value is -3.41. The maximum atomic E-state index is 12.8. The maximum Gasteiger partial charge on any atom is 0.306 e. The lowest BCUT2D eigenvalue weighted by Crippen LogP contribution is -2.30. The molecule has 0 spiro atoms. The van der Waals surface area contributed by atoms with Gasteiger partial charge in [-0.15, -0.1) is 0 Å². The van der Waals surface area contributed by atoms with Crippen molar-refractivity contribution in [2.24, 2.45) is 0 Å². The van der Waals surface area contributed by atoms with E-state index < -0.39 is 6.10 Å². The minimum atomic E-state index is -0.805. The van der Waals surface area contributed by atoms with Gasteiger partial charge in [0.15, 0.2) is 6.10 Å².